The largest absolute Gasteiger partial charge is 0.496 e. The zero-order valence-electron chi connectivity index (χ0n) is 6.91. The lowest BCUT2D eigenvalue weighted by atomic mass is 10.2. The minimum absolute atomic E-state index is 0.718. The highest BCUT2D eigenvalue weighted by Crippen LogP contribution is 2.33. The maximum atomic E-state index is 11.4. The fraction of sp³-hybridized carbons (Fsp3) is 0.111. The Balaban J connectivity index is 2.62. The molecule has 68 valence electrons. The van der Waals surface area contributed by atoms with Crippen LogP contribution in [0.2, 0.25) is 0 Å². The van der Waals surface area contributed by atoms with E-state index in [0.29, 0.717) is 0 Å². The Morgan fingerprint density at radius 2 is 2.23 bits per heavy atom. The molecule has 2 nitrogen and oxygen atoms in total. The van der Waals surface area contributed by atoms with E-state index in [-0.39, 0.29) is 0 Å². The van der Waals surface area contributed by atoms with Crippen molar-refractivity contribution in [3.63, 3.8) is 0 Å². The summed E-state index contributed by atoms with van der Waals surface area (Å²) >= 11 is 3.37. The molecule has 1 aromatic carbocycles. The standard InChI is InChI=1S/C9H7BrO2S/c1-12-8-5-9-6(4-7(8)10)2-3-13(9)11/h2-5H,1H3. The van der Waals surface area contributed by atoms with Crippen LogP contribution in [0, 0.1) is 0 Å². The van der Waals surface area contributed by atoms with Gasteiger partial charge in [-0.15, -0.1) is 0 Å². The van der Waals surface area contributed by atoms with Crippen molar-refractivity contribution < 1.29 is 8.95 Å². The molecule has 0 aliphatic carbocycles. The van der Waals surface area contributed by atoms with Crippen LogP contribution in [0.25, 0.3) is 6.08 Å². The van der Waals surface area contributed by atoms with Gasteiger partial charge in [0, 0.05) is 5.41 Å². The first kappa shape index (κ1) is 8.97. The second kappa shape index (κ2) is 3.27. The van der Waals surface area contributed by atoms with Crippen molar-refractivity contribution >= 4 is 32.8 Å². The molecule has 0 saturated heterocycles. The third kappa shape index (κ3) is 1.44. The monoisotopic (exact) mass is 258 g/mol. The zero-order valence-corrected chi connectivity index (χ0v) is 9.31. The Morgan fingerprint density at radius 1 is 1.46 bits per heavy atom. The van der Waals surface area contributed by atoms with Crippen LogP contribution in [0.3, 0.4) is 0 Å². The Labute approximate surface area is 87.2 Å². The second-order valence-corrected chi connectivity index (χ2v) is 4.79. The predicted molar refractivity (Wildman–Crippen MR) is 56.1 cm³/mol. The van der Waals surface area contributed by atoms with Gasteiger partial charge < -0.3 is 4.74 Å². The molecule has 4 heteroatoms. The third-order valence-electron chi connectivity index (χ3n) is 1.87. The fourth-order valence-electron chi connectivity index (χ4n) is 1.22. The molecule has 0 fully saturated rings. The topological polar surface area (TPSA) is 26.3 Å². The summed E-state index contributed by atoms with van der Waals surface area (Å²) in [5.41, 5.74) is 0.992. The number of ether oxygens (including phenoxy) is 1. The van der Waals surface area contributed by atoms with Crippen molar-refractivity contribution in [1.29, 1.82) is 0 Å². The first-order chi connectivity index (χ1) is 6.22. The van der Waals surface area contributed by atoms with E-state index in [4.69, 9.17) is 4.74 Å². The maximum Gasteiger partial charge on any atom is 0.134 e. The lowest BCUT2D eigenvalue weighted by molar-refractivity contribution is 0.411. The summed E-state index contributed by atoms with van der Waals surface area (Å²) < 4.78 is 17.4. The van der Waals surface area contributed by atoms with Crippen molar-refractivity contribution in [3.8, 4) is 5.75 Å². The molecule has 2 rings (SSSR count). The van der Waals surface area contributed by atoms with Crippen LogP contribution < -0.4 is 4.74 Å². The molecule has 0 amide bonds. The number of hydrogen-bond donors (Lipinski definition) is 0. The zero-order chi connectivity index (χ0) is 9.42. The van der Waals surface area contributed by atoms with Gasteiger partial charge >= 0.3 is 0 Å². The molecule has 0 saturated carbocycles. The molecule has 0 aromatic heterocycles. The Hall–Kier alpha value is -0.610. The smallest absolute Gasteiger partial charge is 0.134 e. The van der Waals surface area contributed by atoms with Gasteiger partial charge in [-0.2, -0.15) is 0 Å². The highest BCUT2D eigenvalue weighted by atomic mass is 79.9. The normalized spacial score (nSPS) is 18.8. The molecule has 1 unspecified atom stereocenters. The van der Waals surface area contributed by atoms with E-state index in [0.717, 1.165) is 20.7 Å². The fourth-order valence-corrected chi connectivity index (χ4v) is 2.74. The van der Waals surface area contributed by atoms with Crippen molar-refractivity contribution in [1.82, 2.24) is 0 Å². The highest BCUT2D eigenvalue weighted by Gasteiger charge is 2.15. The van der Waals surface area contributed by atoms with E-state index in [1.807, 2.05) is 12.1 Å². The van der Waals surface area contributed by atoms with Gasteiger partial charge in [0.05, 0.1) is 27.3 Å². The van der Waals surface area contributed by atoms with E-state index in [2.05, 4.69) is 15.9 Å². The summed E-state index contributed by atoms with van der Waals surface area (Å²) in [4.78, 5) is 0.819. The maximum absolute atomic E-state index is 11.4. The van der Waals surface area contributed by atoms with Crippen molar-refractivity contribution in [2.75, 3.05) is 7.11 Å². The second-order valence-electron chi connectivity index (χ2n) is 2.62. The molecule has 13 heavy (non-hydrogen) atoms. The van der Waals surface area contributed by atoms with E-state index in [1.54, 1.807) is 18.6 Å². The van der Waals surface area contributed by atoms with Gasteiger partial charge in [0.2, 0.25) is 0 Å². The molecular weight excluding hydrogens is 252 g/mol. The Bertz CT molecular complexity index is 412. The molecule has 0 bridgehead atoms. The van der Waals surface area contributed by atoms with E-state index < -0.39 is 10.8 Å². The lowest BCUT2D eigenvalue weighted by Crippen LogP contribution is -1.89. The van der Waals surface area contributed by atoms with Gasteiger partial charge in [-0.25, -0.2) is 4.21 Å². The minimum Gasteiger partial charge on any atom is -0.496 e. The van der Waals surface area contributed by atoms with E-state index >= 15 is 0 Å². The number of rotatable bonds is 1. The van der Waals surface area contributed by atoms with Crippen LogP contribution in [0.4, 0.5) is 0 Å². The average molecular weight is 259 g/mol. The Morgan fingerprint density at radius 3 is 2.92 bits per heavy atom. The number of benzene rings is 1. The van der Waals surface area contributed by atoms with E-state index in [1.165, 1.54) is 0 Å². The van der Waals surface area contributed by atoms with Crippen LogP contribution >= 0.6 is 15.9 Å². The molecule has 0 radical (unpaired) electrons. The summed E-state index contributed by atoms with van der Waals surface area (Å²) in [5, 5.41) is 1.68. The summed E-state index contributed by atoms with van der Waals surface area (Å²) in [7, 11) is 0.596. The van der Waals surface area contributed by atoms with Crippen LogP contribution in [0.5, 0.6) is 5.75 Å². The van der Waals surface area contributed by atoms with Crippen LogP contribution in [-0.2, 0) is 10.8 Å². The molecule has 1 heterocycles. The highest BCUT2D eigenvalue weighted by molar-refractivity contribution is 9.10. The van der Waals surface area contributed by atoms with Crippen LogP contribution in [-0.4, -0.2) is 11.3 Å². The van der Waals surface area contributed by atoms with Gasteiger partial charge in [-0.1, -0.05) is 0 Å². The average Bonchev–Trinajstić information content (AvgIpc) is 2.46. The van der Waals surface area contributed by atoms with Crippen molar-refractivity contribution in [2.45, 2.75) is 4.90 Å². The molecule has 0 N–H and O–H groups in total. The minimum atomic E-state index is -0.999. The molecule has 0 spiro atoms. The van der Waals surface area contributed by atoms with Gasteiger partial charge in [0.25, 0.3) is 0 Å². The summed E-state index contributed by atoms with van der Waals surface area (Å²) in [6.07, 6.45) is 1.86. The van der Waals surface area contributed by atoms with Gasteiger partial charge in [0.1, 0.15) is 5.75 Å². The summed E-state index contributed by atoms with van der Waals surface area (Å²) in [5.74, 6) is 0.718. The SMILES string of the molecule is COc1cc2c(cc1Br)C=CS2=O. The first-order valence-corrected chi connectivity index (χ1v) is 5.69. The number of halogens is 1. The predicted octanol–water partition coefficient (Wildman–Crippen LogP) is 2.55. The number of hydrogen-bond acceptors (Lipinski definition) is 2. The molecule has 1 aromatic rings. The molecule has 1 aliphatic heterocycles. The van der Waals surface area contributed by atoms with Crippen molar-refractivity contribution in [2.24, 2.45) is 0 Å². The van der Waals surface area contributed by atoms with Gasteiger partial charge in [0.15, 0.2) is 0 Å². The molecule has 1 aliphatic rings. The molecule has 1 atom stereocenters. The first-order valence-electron chi connectivity index (χ1n) is 3.68. The summed E-state index contributed by atoms with van der Waals surface area (Å²) in [6.45, 7) is 0. The van der Waals surface area contributed by atoms with Crippen molar-refractivity contribution in [3.05, 3.63) is 27.6 Å². The number of methoxy groups -OCH3 is 1. The van der Waals surface area contributed by atoms with Gasteiger partial charge in [-0.05, 0) is 39.7 Å². The van der Waals surface area contributed by atoms with Crippen LogP contribution in [0.1, 0.15) is 5.56 Å². The van der Waals surface area contributed by atoms with Gasteiger partial charge in [-0.3, -0.25) is 0 Å². The third-order valence-corrected chi connectivity index (χ3v) is 3.66. The quantitative estimate of drug-likeness (QED) is 0.774. The summed E-state index contributed by atoms with van der Waals surface area (Å²) in [6, 6.07) is 3.71. The van der Waals surface area contributed by atoms with E-state index in [9.17, 15) is 4.21 Å². The molecular formula is C9H7BrO2S. The Kier molecular flexibility index (Phi) is 2.26. The van der Waals surface area contributed by atoms with Crippen LogP contribution in [0.15, 0.2) is 26.9 Å². The number of fused-ring (bicyclic) bond motifs is 1. The lowest BCUT2D eigenvalue weighted by Gasteiger charge is -2.05.